The van der Waals surface area contributed by atoms with Crippen LogP contribution in [0.15, 0.2) is 35.6 Å². The Kier molecular flexibility index (Phi) is 3.88. The summed E-state index contributed by atoms with van der Waals surface area (Å²) in [7, 11) is -1.80. The fraction of sp³-hybridized carbons (Fsp3) is 0.429. The molecule has 1 atom stereocenters. The van der Waals surface area contributed by atoms with E-state index in [0.29, 0.717) is 25.3 Å². The van der Waals surface area contributed by atoms with Crippen molar-refractivity contribution < 1.29 is 13.2 Å². The third-order valence-electron chi connectivity index (χ3n) is 3.68. The first-order valence-electron chi connectivity index (χ1n) is 7.04. The number of pyridine rings is 1. The van der Waals surface area contributed by atoms with Crippen molar-refractivity contribution in [3.05, 3.63) is 36.4 Å². The number of hydrogen-bond acceptors (Lipinski definition) is 5. The van der Waals surface area contributed by atoms with E-state index in [1.807, 2.05) is 13.0 Å². The first-order valence-corrected chi connectivity index (χ1v) is 8.48. The average Bonchev–Trinajstić information content (AvgIpc) is 3.11. The summed E-state index contributed by atoms with van der Waals surface area (Å²) in [6.45, 7) is 2.65. The topological polar surface area (TPSA) is 77.3 Å². The molecule has 1 saturated heterocycles. The first-order chi connectivity index (χ1) is 10.5. The van der Waals surface area contributed by atoms with E-state index in [1.54, 1.807) is 19.3 Å². The van der Waals surface area contributed by atoms with E-state index < -0.39 is 10.0 Å². The number of sulfonamides is 1. The van der Waals surface area contributed by atoms with Gasteiger partial charge < -0.3 is 4.74 Å². The van der Waals surface area contributed by atoms with Gasteiger partial charge in [-0.15, -0.1) is 0 Å². The van der Waals surface area contributed by atoms with Crippen molar-refractivity contribution in [3.8, 4) is 5.75 Å². The molecule has 8 heteroatoms. The standard InChI is InChI=1S/C14H18N4O3S/c1-11-14(4-3-6-15-11)21-12-5-7-18(9-12)22(19,20)13-8-16-17(2)10-13/h3-4,6,8,10,12H,5,7,9H2,1-2H3. The van der Waals surface area contributed by atoms with Gasteiger partial charge in [-0.3, -0.25) is 9.67 Å². The van der Waals surface area contributed by atoms with Gasteiger partial charge in [0.25, 0.3) is 0 Å². The van der Waals surface area contributed by atoms with Crippen LogP contribution in [0.4, 0.5) is 0 Å². The monoisotopic (exact) mass is 322 g/mol. The van der Waals surface area contributed by atoms with Crippen LogP contribution in [-0.2, 0) is 17.1 Å². The Morgan fingerprint density at radius 1 is 1.41 bits per heavy atom. The maximum atomic E-state index is 12.5. The SMILES string of the molecule is Cc1ncccc1OC1CCN(S(=O)(=O)c2cnn(C)c2)C1. The van der Waals surface area contributed by atoms with Crippen LogP contribution in [0.5, 0.6) is 5.75 Å². The summed E-state index contributed by atoms with van der Waals surface area (Å²) in [5, 5.41) is 3.92. The molecule has 0 saturated carbocycles. The second-order valence-electron chi connectivity index (χ2n) is 5.33. The molecule has 0 N–H and O–H groups in total. The maximum absolute atomic E-state index is 12.5. The highest BCUT2D eigenvalue weighted by Crippen LogP contribution is 2.24. The Morgan fingerprint density at radius 3 is 2.91 bits per heavy atom. The molecular formula is C14H18N4O3S. The summed E-state index contributed by atoms with van der Waals surface area (Å²) in [6.07, 6.45) is 5.09. The predicted molar refractivity (Wildman–Crippen MR) is 80.0 cm³/mol. The second-order valence-corrected chi connectivity index (χ2v) is 7.27. The van der Waals surface area contributed by atoms with Crippen molar-refractivity contribution >= 4 is 10.0 Å². The van der Waals surface area contributed by atoms with Crippen molar-refractivity contribution in [2.45, 2.75) is 24.3 Å². The van der Waals surface area contributed by atoms with Crippen LogP contribution in [0.1, 0.15) is 12.1 Å². The number of aryl methyl sites for hydroxylation is 2. The normalized spacial score (nSPS) is 19.5. The van der Waals surface area contributed by atoms with Gasteiger partial charge in [-0.2, -0.15) is 9.40 Å². The molecule has 1 aliphatic heterocycles. The zero-order valence-corrected chi connectivity index (χ0v) is 13.3. The molecule has 0 bridgehead atoms. The molecule has 2 aromatic rings. The minimum absolute atomic E-state index is 0.158. The van der Waals surface area contributed by atoms with Gasteiger partial charge in [0, 0.05) is 26.0 Å². The van der Waals surface area contributed by atoms with Gasteiger partial charge in [-0.25, -0.2) is 8.42 Å². The summed E-state index contributed by atoms with van der Waals surface area (Å²) < 4.78 is 33.8. The smallest absolute Gasteiger partial charge is 0.246 e. The number of rotatable bonds is 4. The summed E-state index contributed by atoms with van der Waals surface area (Å²) in [4.78, 5) is 4.39. The summed E-state index contributed by atoms with van der Waals surface area (Å²) in [5.41, 5.74) is 0.802. The van der Waals surface area contributed by atoms with Gasteiger partial charge in [-0.1, -0.05) is 0 Å². The second kappa shape index (κ2) is 5.69. The van der Waals surface area contributed by atoms with Gasteiger partial charge in [0.15, 0.2) is 0 Å². The Labute approximate surface area is 129 Å². The first kappa shape index (κ1) is 15.0. The Morgan fingerprint density at radius 2 is 2.23 bits per heavy atom. The molecule has 2 aromatic heterocycles. The van der Waals surface area contributed by atoms with E-state index in [1.165, 1.54) is 21.4 Å². The highest BCUT2D eigenvalue weighted by Gasteiger charge is 2.34. The van der Waals surface area contributed by atoms with Crippen LogP contribution in [0.25, 0.3) is 0 Å². The van der Waals surface area contributed by atoms with Crippen LogP contribution in [0.3, 0.4) is 0 Å². The van der Waals surface area contributed by atoms with Gasteiger partial charge in [0.05, 0.1) is 18.4 Å². The molecule has 0 aliphatic carbocycles. The van der Waals surface area contributed by atoms with Gasteiger partial charge >= 0.3 is 0 Å². The maximum Gasteiger partial charge on any atom is 0.246 e. The van der Waals surface area contributed by atoms with Gasteiger partial charge in [0.1, 0.15) is 16.7 Å². The lowest BCUT2D eigenvalue weighted by atomic mass is 10.3. The van der Waals surface area contributed by atoms with Crippen molar-refractivity contribution in [1.82, 2.24) is 19.1 Å². The molecule has 0 radical (unpaired) electrons. The fourth-order valence-electron chi connectivity index (χ4n) is 2.47. The van der Waals surface area contributed by atoms with E-state index in [4.69, 9.17) is 4.74 Å². The minimum atomic E-state index is -3.50. The van der Waals surface area contributed by atoms with Crippen LogP contribution in [0.2, 0.25) is 0 Å². The Hall–Kier alpha value is -1.93. The summed E-state index contributed by atoms with van der Waals surface area (Å²) >= 11 is 0. The molecule has 22 heavy (non-hydrogen) atoms. The van der Waals surface area contributed by atoms with Crippen LogP contribution in [-0.4, -0.2) is 46.7 Å². The summed E-state index contributed by atoms with van der Waals surface area (Å²) in [5.74, 6) is 0.702. The number of ether oxygens (including phenoxy) is 1. The summed E-state index contributed by atoms with van der Waals surface area (Å²) in [6, 6.07) is 3.65. The molecule has 3 heterocycles. The zero-order chi connectivity index (χ0) is 15.7. The molecule has 3 rings (SSSR count). The highest BCUT2D eigenvalue weighted by atomic mass is 32.2. The molecule has 1 fully saturated rings. The van der Waals surface area contributed by atoms with Crippen molar-refractivity contribution in [2.75, 3.05) is 13.1 Å². The van der Waals surface area contributed by atoms with E-state index >= 15 is 0 Å². The van der Waals surface area contributed by atoms with Crippen molar-refractivity contribution in [2.24, 2.45) is 7.05 Å². The lowest BCUT2D eigenvalue weighted by Gasteiger charge is -2.17. The van der Waals surface area contributed by atoms with Crippen LogP contribution in [0, 0.1) is 6.92 Å². The molecule has 7 nitrogen and oxygen atoms in total. The molecule has 118 valence electrons. The van der Waals surface area contributed by atoms with E-state index in [9.17, 15) is 8.42 Å². The molecule has 0 amide bonds. The predicted octanol–water partition coefficient (Wildman–Crippen LogP) is 0.966. The highest BCUT2D eigenvalue weighted by molar-refractivity contribution is 7.89. The largest absolute Gasteiger partial charge is 0.487 e. The van der Waals surface area contributed by atoms with Crippen molar-refractivity contribution in [1.29, 1.82) is 0 Å². The average molecular weight is 322 g/mol. The fourth-order valence-corrected chi connectivity index (χ4v) is 3.94. The molecular weight excluding hydrogens is 304 g/mol. The van der Waals surface area contributed by atoms with Gasteiger partial charge in [0.2, 0.25) is 10.0 Å². The lowest BCUT2D eigenvalue weighted by Crippen LogP contribution is -2.31. The quantitative estimate of drug-likeness (QED) is 0.838. The minimum Gasteiger partial charge on any atom is -0.487 e. The number of aromatic nitrogens is 3. The lowest BCUT2D eigenvalue weighted by molar-refractivity contribution is 0.213. The van der Waals surface area contributed by atoms with E-state index in [0.717, 1.165) is 5.69 Å². The van der Waals surface area contributed by atoms with Crippen molar-refractivity contribution in [3.63, 3.8) is 0 Å². The van der Waals surface area contributed by atoms with E-state index in [-0.39, 0.29) is 11.0 Å². The molecule has 1 unspecified atom stereocenters. The Bertz CT molecular complexity index is 772. The Balaban J connectivity index is 1.71. The third kappa shape index (κ3) is 2.84. The van der Waals surface area contributed by atoms with Crippen LogP contribution < -0.4 is 4.74 Å². The van der Waals surface area contributed by atoms with Gasteiger partial charge in [-0.05, 0) is 25.5 Å². The number of nitrogens with zero attached hydrogens (tertiary/aromatic N) is 4. The number of hydrogen-bond donors (Lipinski definition) is 0. The van der Waals surface area contributed by atoms with E-state index in [2.05, 4.69) is 10.1 Å². The third-order valence-corrected chi connectivity index (χ3v) is 5.50. The zero-order valence-electron chi connectivity index (χ0n) is 12.5. The van der Waals surface area contributed by atoms with Crippen LogP contribution >= 0.6 is 0 Å². The molecule has 0 aromatic carbocycles. The molecule has 0 spiro atoms. The molecule has 1 aliphatic rings.